The van der Waals surface area contributed by atoms with Crippen LogP contribution in [0.1, 0.15) is 21.5 Å². The minimum absolute atomic E-state index is 0.0514. The zero-order valence-electron chi connectivity index (χ0n) is 17.5. The van der Waals surface area contributed by atoms with E-state index in [0.717, 1.165) is 5.56 Å². The summed E-state index contributed by atoms with van der Waals surface area (Å²) in [5, 5.41) is 3.84. The Balaban J connectivity index is 1.63. The van der Waals surface area contributed by atoms with E-state index >= 15 is 0 Å². The van der Waals surface area contributed by atoms with Gasteiger partial charge in [-0.3, -0.25) is 4.79 Å². The Morgan fingerprint density at radius 1 is 1.03 bits per heavy atom. The van der Waals surface area contributed by atoms with Crippen LogP contribution < -0.4 is 14.9 Å². The van der Waals surface area contributed by atoms with Gasteiger partial charge in [-0.05, 0) is 49.4 Å². The predicted molar refractivity (Wildman–Crippen MR) is 128 cm³/mol. The van der Waals surface area contributed by atoms with Crippen LogP contribution in [0.3, 0.4) is 0 Å². The number of rotatable bonds is 8. The molecule has 0 unspecified atom stereocenters. The lowest BCUT2D eigenvalue weighted by atomic mass is 10.1. The van der Waals surface area contributed by atoms with Gasteiger partial charge < -0.3 is 4.74 Å². The fourth-order valence-corrected chi connectivity index (χ4v) is 4.08. The summed E-state index contributed by atoms with van der Waals surface area (Å²) in [5.74, 6) is -0.957. The van der Waals surface area contributed by atoms with Gasteiger partial charge in [0.05, 0.1) is 23.2 Å². The highest BCUT2D eigenvalue weighted by atomic mass is 79.9. The normalized spacial score (nSPS) is 11.3. The van der Waals surface area contributed by atoms with Crippen molar-refractivity contribution < 1.29 is 22.7 Å². The third-order valence-electron chi connectivity index (χ3n) is 4.30. The molecule has 0 saturated carbocycles. The van der Waals surface area contributed by atoms with Crippen LogP contribution in [-0.4, -0.2) is 33.1 Å². The zero-order chi connectivity index (χ0) is 23.8. The highest BCUT2D eigenvalue weighted by molar-refractivity contribution is 9.10. The van der Waals surface area contributed by atoms with Crippen LogP contribution in [0.2, 0.25) is 0 Å². The van der Waals surface area contributed by atoms with Gasteiger partial charge in [0.15, 0.2) is 0 Å². The number of aryl methyl sites for hydroxylation is 1. The van der Waals surface area contributed by atoms with Crippen LogP contribution >= 0.6 is 15.9 Å². The summed E-state index contributed by atoms with van der Waals surface area (Å²) in [6, 6.07) is 19.7. The van der Waals surface area contributed by atoms with E-state index in [2.05, 4.69) is 31.2 Å². The van der Waals surface area contributed by atoms with Crippen molar-refractivity contribution in [1.29, 1.82) is 0 Å². The molecule has 0 aliphatic rings. The standard InChI is InChI=1S/C23H20BrN3O5S/c1-16-6-5-7-17(12-16)23(29)32-21-11-10-19(24)13-18(21)14-25-27-22(28)15-26-33(30,31)20-8-3-2-4-9-20/h2-14,26H,15H2,1H3,(H,27,28)/b25-14+. The molecule has 0 spiro atoms. The van der Waals surface area contributed by atoms with E-state index in [9.17, 15) is 18.0 Å². The van der Waals surface area contributed by atoms with Gasteiger partial charge >= 0.3 is 5.97 Å². The molecule has 0 radical (unpaired) electrons. The van der Waals surface area contributed by atoms with Crippen molar-refractivity contribution in [2.45, 2.75) is 11.8 Å². The summed E-state index contributed by atoms with van der Waals surface area (Å²) in [5.41, 5.74) is 3.99. The average Bonchev–Trinajstić information content (AvgIpc) is 2.80. The maximum Gasteiger partial charge on any atom is 0.343 e. The molecule has 0 bridgehead atoms. The van der Waals surface area contributed by atoms with E-state index in [1.165, 1.54) is 18.3 Å². The minimum Gasteiger partial charge on any atom is -0.422 e. The van der Waals surface area contributed by atoms with Crippen molar-refractivity contribution in [3.8, 4) is 5.75 Å². The number of nitrogens with zero attached hydrogens (tertiary/aromatic N) is 1. The second-order valence-corrected chi connectivity index (χ2v) is 9.55. The topological polar surface area (TPSA) is 114 Å². The summed E-state index contributed by atoms with van der Waals surface area (Å²) < 4.78 is 32.7. The van der Waals surface area contributed by atoms with Crippen LogP contribution in [0.5, 0.6) is 5.75 Å². The lowest BCUT2D eigenvalue weighted by molar-refractivity contribution is -0.119. The molecule has 33 heavy (non-hydrogen) atoms. The van der Waals surface area contributed by atoms with E-state index in [-0.39, 0.29) is 10.6 Å². The van der Waals surface area contributed by atoms with Crippen molar-refractivity contribution in [2.75, 3.05) is 6.54 Å². The summed E-state index contributed by atoms with van der Waals surface area (Å²) >= 11 is 3.34. The molecule has 2 N–H and O–H groups in total. The Kier molecular flexibility index (Phi) is 8.10. The number of hydrogen-bond donors (Lipinski definition) is 2. The third kappa shape index (κ3) is 7.07. The fourth-order valence-electron chi connectivity index (χ4n) is 2.70. The third-order valence-corrected chi connectivity index (χ3v) is 6.21. The van der Waals surface area contributed by atoms with Gasteiger partial charge in [0.2, 0.25) is 10.0 Å². The van der Waals surface area contributed by atoms with Gasteiger partial charge in [-0.25, -0.2) is 23.4 Å². The van der Waals surface area contributed by atoms with E-state index in [4.69, 9.17) is 4.74 Å². The molecule has 0 heterocycles. The Morgan fingerprint density at radius 3 is 2.52 bits per heavy atom. The molecule has 0 aliphatic heterocycles. The van der Waals surface area contributed by atoms with Crippen molar-refractivity contribution in [1.82, 2.24) is 10.1 Å². The molecule has 0 saturated heterocycles. The highest BCUT2D eigenvalue weighted by Gasteiger charge is 2.15. The average molecular weight is 530 g/mol. The number of ether oxygens (including phenoxy) is 1. The highest BCUT2D eigenvalue weighted by Crippen LogP contribution is 2.23. The molecule has 3 aromatic carbocycles. The van der Waals surface area contributed by atoms with Crippen LogP contribution in [-0.2, 0) is 14.8 Å². The molecule has 8 nitrogen and oxygen atoms in total. The molecule has 0 aromatic heterocycles. The molecule has 0 fully saturated rings. The largest absolute Gasteiger partial charge is 0.422 e. The van der Waals surface area contributed by atoms with E-state index < -0.39 is 28.4 Å². The molecular formula is C23H20BrN3O5S. The van der Waals surface area contributed by atoms with Gasteiger partial charge in [0, 0.05) is 10.0 Å². The molecule has 0 aliphatic carbocycles. The first-order valence-electron chi connectivity index (χ1n) is 9.69. The quantitative estimate of drug-likeness (QED) is 0.201. The Labute approximate surface area is 199 Å². The number of benzene rings is 3. The molecule has 1 amide bonds. The lowest BCUT2D eigenvalue weighted by Gasteiger charge is -2.09. The molecule has 0 atom stereocenters. The van der Waals surface area contributed by atoms with Crippen LogP contribution in [0.25, 0.3) is 0 Å². The summed E-state index contributed by atoms with van der Waals surface area (Å²) in [6.45, 7) is 1.37. The van der Waals surface area contributed by atoms with Crippen molar-refractivity contribution >= 4 is 44.0 Å². The number of nitrogens with one attached hydrogen (secondary N) is 2. The summed E-state index contributed by atoms with van der Waals surface area (Å²) in [7, 11) is -3.81. The lowest BCUT2D eigenvalue weighted by Crippen LogP contribution is -2.34. The SMILES string of the molecule is Cc1cccc(C(=O)Oc2ccc(Br)cc2/C=N/NC(=O)CNS(=O)(=O)c2ccccc2)c1. The fraction of sp³-hybridized carbons (Fsp3) is 0.0870. The molecule has 3 aromatic rings. The van der Waals surface area contributed by atoms with Crippen molar-refractivity contribution in [3.05, 3.63) is 94.0 Å². The number of hydrazone groups is 1. The summed E-state index contributed by atoms with van der Waals surface area (Å²) in [6.07, 6.45) is 1.30. The minimum atomic E-state index is -3.81. The number of halogens is 1. The molecular weight excluding hydrogens is 510 g/mol. The number of sulfonamides is 1. The maximum absolute atomic E-state index is 12.5. The molecule has 170 valence electrons. The number of amides is 1. The first-order chi connectivity index (χ1) is 15.7. The maximum atomic E-state index is 12.5. The van der Waals surface area contributed by atoms with Gasteiger partial charge in [-0.15, -0.1) is 0 Å². The van der Waals surface area contributed by atoms with Gasteiger partial charge in [0.25, 0.3) is 5.91 Å². The first-order valence-corrected chi connectivity index (χ1v) is 12.0. The van der Waals surface area contributed by atoms with Crippen LogP contribution in [0.4, 0.5) is 0 Å². The predicted octanol–water partition coefficient (Wildman–Crippen LogP) is 3.41. The van der Waals surface area contributed by atoms with Crippen LogP contribution in [0, 0.1) is 6.92 Å². The van der Waals surface area contributed by atoms with Gasteiger partial charge in [-0.2, -0.15) is 5.10 Å². The van der Waals surface area contributed by atoms with Gasteiger partial charge in [-0.1, -0.05) is 51.8 Å². The number of carbonyl (C=O) groups is 2. The number of hydrogen-bond acceptors (Lipinski definition) is 6. The first kappa shape index (κ1) is 24.3. The van der Waals surface area contributed by atoms with Crippen LogP contribution in [0.15, 0.2) is 87.3 Å². The number of carbonyl (C=O) groups excluding carboxylic acids is 2. The zero-order valence-corrected chi connectivity index (χ0v) is 19.9. The van der Waals surface area contributed by atoms with Gasteiger partial charge in [0.1, 0.15) is 5.75 Å². The van der Waals surface area contributed by atoms with E-state index in [1.807, 2.05) is 13.0 Å². The molecule has 10 heteroatoms. The molecule has 3 rings (SSSR count). The Bertz CT molecular complexity index is 1290. The Morgan fingerprint density at radius 2 is 1.79 bits per heavy atom. The Hall–Kier alpha value is -3.34. The summed E-state index contributed by atoms with van der Waals surface area (Å²) in [4.78, 5) is 24.5. The smallest absolute Gasteiger partial charge is 0.343 e. The van der Waals surface area contributed by atoms with E-state index in [1.54, 1.807) is 54.6 Å². The van der Waals surface area contributed by atoms with E-state index in [0.29, 0.717) is 15.6 Å². The van der Waals surface area contributed by atoms with Crippen molar-refractivity contribution in [2.24, 2.45) is 5.10 Å². The number of esters is 1. The second kappa shape index (κ2) is 11.0. The second-order valence-electron chi connectivity index (χ2n) is 6.87. The van der Waals surface area contributed by atoms with Crippen molar-refractivity contribution in [3.63, 3.8) is 0 Å². The monoisotopic (exact) mass is 529 g/mol.